The molecular weight excluding hydrogens is 356 g/mol. The molecule has 3 aliphatic rings. The highest BCUT2D eigenvalue weighted by atomic mass is 16.2. The highest BCUT2D eigenvalue weighted by Gasteiger charge is 2.55. The highest BCUT2D eigenvalue weighted by Crippen LogP contribution is 2.26. The van der Waals surface area contributed by atoms with Gasteiger partial charge in [-0.1, -0.05) is 28.8 Å². The Morgan fingerprint density at radius 1 is 1.14 bits per heavy atom. The van der Waals surface area contributed by atoms with Crippen molar-refractivity contribution in [3.8, 4) is 0 Å². The first-order valence-electron chi connectivity index (χ1n) is 9.38. The van der Waals surface area contributed by atoms with Crippen LogP contribution in [0.4, 0.5) is 4.79 Å². The lowest BCUT2D eigenvalue weighted by Crippen LogP contribution is -2.64. The van der Waals surface area contributed by atoms with Crippen LogP contribution >= 0.6 is 0 Å². The van der Waals surface area contributed by atoms with Gasteiger partial charge >= 0.3 is 12.0 Å². The topological polar surface area (TPSA) is 71.6 Å². The van der Waals surface area contributed by atoms with E-state index < -0.39 is 6.04 Å². The zero-order valence-electron chi connectivity index (χ0n) is 17.1. The maximum atomic E-state index is 13.5. The Balaban J connectivity index is 1.74. The molecule has 4 rings (SSSR count). The lowest BCUT2D eigenvalue weighted by molar-refractivity contribution is -0.558. The van der Waals surface area contributed by atoms with Gasteiger partial charge in [-0.2, -0.15) is 0 Å². The quantitative estimate of drug-likeness (QED) is 0.730. The minimum Gasteiger partial charge on any atom is -0.270 e. The van der Waals surface area contributed by atoms with Crippen molar-refractivity contribution in [2.45, 2.75) is 46.3 Å². The summed E-state index contributed by atoms with van der Waals surface area (Å²) in [5.41, 5.74) is 4.03. The first-order chi connectivity index (χ1) is 13.2. The third-order valence-electron chi connectivity index (χ3n) is 5.78. The number of carbonyl (C=O) groups is 2. The summed E-state index contributed by atoms with van der Waals surface area (Å²) in [4.78, 5) is 33.9. The Bertz CT molecular complexity index is 992. The number of guanidine groups is 1. The standard InChI is InChI=1S/C20H25N6O2/c1-11-7-8-12(2)15(9-11)10-25-18(27)16-17(23(5)20(25)28)21-19-24(6)22-13(3)14(4)26(16)19/h7-9,14,16H,10H2,1-6H3/q+1. The molecule has 0 radical (unpaired) electrons. The SMILES string of the molecule is CC1=NN(C)C2=[N+](C1C)C1C(=O)N(Cc3cc(C)ccc3C)C(=O)N(C)C1=N2. The van der Waals surface area contributed by atoms with Crippen LogP contribution in [0.3, 0.4) is 0 Å². The number of benzene rings is 1. The largest absolute Gasteiger partial charge is 0.416 e. The molecule has 3 aliphatic heterocycles. The number of rotatable bonds is 2. The van der Waals surface area contributed by atoms with Crippen molar-refractivity contribution in [2.75, 3.05) is 14.1 Å². The zero-order valence-corrected chi connectivity index (χ0v) is 17.1. The predicted octanol–water partition coefficient (Wildman–Crippen LogP) is 1.56. The van der Waals surface area contributed by atoms with Gasteiger partial charge in [-0.15, -0.1) is 10.1 Å². The molecule has 1 aromatic carbocycles. The molecule has 146 valence electrons. The molecule has 3 heterocycles. The Kier molecular flexibility index (Phi) is 4.10. The molecule has 8 nitrogen and oxygen atoms in total. The normalized spacial score (nSPS) is 24.4. The van der Waals surface area contributed by atoms with Crippen LogP contribution in [0.1, 0.15) is 30.5 Å². The number of urea groups is 1. The molecule has 0 bridgehead atoms. The number of nitrogens with zero attached hydrogens (tertiary/aromatic N) is 6. The molecule has 2 atom stereocenters. The third kappa shape index (κ3) is 2.55. The Labute approximate surface area is 164 Å². The van der Waals surface area contributed by atoms with E-state index in [1.807, 2.05) is 50.5 Å². The number of hydrogen-bond acceptors (Lipinski definition) is 5. The van der Waals surface area contributed by atoms with Crippen LogP contribution in [0.25, 0.3) is 0 Å². The molecule has 0 aliphatic carbocycles. The van der Waals surface area contributed by atoms with Crippen molar-refractivity contribution in [1.82, 2.24) is 14.8 Å². The van der Waals surface area contributed by atoms with E-state index in [-0.39, 0.29) is 24.5 Å². The van der Waals surface area contributed by atoms with E-state index in [9.17, 15) is 9.59 Å². The molecule has 1 fully saturated rings. The monoisotopic (exact) mass is 381 g/mol. The number of aryl methyl sites for hydroxylation is 2. The van der Waals surface area contributed by atoms with E-state index in [0.717, 1.165) is 22.4 Å². The second-order valence-corrected chi connectivity index (χ2v) is 7.72. The average molecular weight is 381 g/mol. The average Bonchev–Trinajstić information content (AvgIpc) is 3.06. The maximum absolute atomic E-state index is 13.5. The molecule has 1 aromatic rings. The van der Waals surface area contributed by atoms with Gasteiger partial charge in [0.25, 0.3) is 5.91 Å². The van der Waals surface area contributed by atoms with Crippen LogP contribution in [0.5, 0.6) is 0 Å². The van der Waals surface area contributed by atoms with Crippen molar-refractivity contribution in [3.05, 3.63) is 34.9 Å². The number of aliphatic imine (C=N–C) groups is 1. The number of hydrazone groups is 1. The van der Waals surface area contributed by atoms with Gasteiger partial charge in [0.1, 0.15) is 6.04 Å². The smallest absolute Gasteiger partial charge is 0.270 e. The molecule has 28 heavy (non-hydrogen) atoms. The number of amidine groups is 1. The summed E-state index contributed by atoms with van der Waals surface area (Å²) in [5, 5.41) is 6.15. The van der Waals surface area contributed by atoms with E-state index in [1.165, 1.54) is 9.80 Å². The fourth-order valence-electron chi connectivity index (χ4n) is 3.96. The van der Waals surface area contributed by atoms with Gasteiger partial charge in [-0.05, 0) is 38.8 Å². The van der Waals surface area contributed by atoms with Gasteiger partial charge in [0.15, 0.2) is 0 Å². The molecule has 0 spiro atoms. The van der Waals surface area contributed by atoms with Gasteiger partial charge in [-0.25, -0.2) is 9.37 Å². The molecule has 3 amide bonds. The number of fused-ring (bicyclic) bond motifs is 2. The lowest BCUT2D eigenvalue weighted by Gasteiger charge is -2.35. The van der Waals surface area contributed by atoms with Gasteiger partial charge in [0.2, 0.25) is 11.9 Å². The Morgan fingerprint density at radius 3 is 2.57 bits per heavy atom. The Morgan fingerprint density at radius 2 is 1.86 bits per heavy atom. The first kappa shape index (κ1) is 18.3. The minimum absolute atomic E-state index is 0.0782. The molecule has 1 saturated heterocycles. The number of amides is 3. The highest BCUT2D eigenvalue weighted by molar-refractivity contribution is 6.23. The molecule has 0 aromatic heterocycles. The van der Waals surface area contributed by atoms with Crippen LogP contribution in [-0.2, 0) is 11.3 Å². The van der Waals surface area contributed by atoms with E-state index in [0.29, 0.717) is 11.8 Å². The fraction of sp³-hybridized carbons (Fsp3) is 0.450. The third-order valence-corrected chi connectivity index (χ3v) is 5.78. The van der Waals surface area contributed by atoms with Crippen molar-refractivity contribution in [2.24, 2.45) is 10.1 Å². The summed E-state index contributed by atoms with van der Waals surface area (Å²) in [6, 6.07) is 5.02. The summed E-state index contributed by atoms with van der Waals surface area (Å²) in [7, 11) is 3.48. The van der Waals surface area contributed by atoms with Gasteiger partial charge in [0, 0.05) is 7.05 Å². The van der Waals surface area contributed by atoms with Crippen LogP contribution in [0.15, 0.2) is 28.3 Å². The van der Waals surface area contributed by atoms with Crippen LogP contribution in [-0.4, -0.2) is 75.0 Å². The second kappa shape index (κ2) is 6.25. The maximum Gasteiger partial charge on any atom is 0.416 e. The van der Waals surface area contributed by atoms with Gasteiger partial charge < -0.3 is 0 Å². The number of hydrogen-bond donors (Lipinski definition) is 0. The number of imide groups is 1. The minimum atomic E-state index is -0.620. The van der Waals surface area contributed by atoms with E-state index in [1.54, 1.807) is 19.1 Å². The predicted molar refractivity (Wildman–Crippen MR) is 106 cm³/mol. The van der Waals surface area contributed by atoms with Crippen LogP contribution in [0, 0.1) is 13.8 Å². The van der Waals surface area contributed by atoms with Crippen molar-refractivity contribution in [1.29, 1.82) is 0 Å². The van der Waals surface area contributed by atoms with Gasteiger partial charge in [-0.3, -0.25) is 14.6 Å². The zero-order chi connectivity index (χ0) is 20.3. The summed E-state index contributed by atoms with van der Waals surface area (Å²) in [5.74, 6) is 0.818. The second-order valence-electron chi connectivity index (χ2n) is 7.72. The Hall–Kier alpha value is -3.03. The van der Waals surface area contributed by atoms with E-state index in [4.69, 9.17) is 0 Å². The van der Waals surface area contributed by atoms with E-state index >= 15 is 0 Å². The summed E-state index contributed by atoms with van der Waals surface area (Å²) in [6.45, 7) is 8.19. The molecule has 0 N–H and O–H groups in total. The first-order valence-corrected chi connectivity index (χ1v) is 9.38. The summed E-state index contributed by atoms with van der Waals surface area (Å²) >= 11 is 0. The van der Waals surface area contributed by atoms with Crippen molar-refractivity contribution >= 4 is 29.4 Å². The molecule has 8 heteroatoms. The molecule has 0 saturated carbocycles. The fourth-order valence-corrected chi connectivity index (χ4v) is 3.96. The van der Waals surface area contributed by atoms with Crippen molar-refractivity contribution in [3.63, 3.8) is 0 Å². The summed E-state index contributed by atoms with van der Waals surface area (Å²) < 4.78 is 1.96. The molecule has 2 unspecified atom stereocenters. The number of likely N-dealkylation sites (N-methyl/N-ethyl adjacent to an activating group) is 1. The van der Waals surface area contributed by atoms with Crippen LogP contribution in [0.2, 0.25) is 0 Å². The van der Waals surface area contributed by atoms with Crippen LogP contribution < -0.4 is 0 Å². The molecular formula is C20H25N6O2+. The van der Waals surface area contributed by atoms with E-state index in [2.05, 4.69) is 10.1 Å². The van der Waals surface area contributed by atoms with Gasteiger partial charge in [0.05, 0.1) is 19.3 Å². The number of carbonyl (C=O) groups excluding carboxylic acids is 2. The lowest BCUT2D eigenvalue weighted by atomic mass is 10.0. The van der Waals surface area contributed by atoms with Crippen molar-refractivity contribution < 1.29 is 14.2 Å². The summed E-state index contributed by atoms with van der Waals surface area (Å²) in [6.07, 6.45) is 0.